The molecule has 2 aromatic heterocycles. The molecule has 1 aliphatic heterocycles. The van der Waals surface area contributed by atoms with Crippen LogP contribution in [0.2, 0.25) is 5.02 Å². The first-order valence-corrected chi connectivity index (χ1v) is 11.7. The van der Waals surface area contributed by atoms with Crippen LogP contribution in [0.1, 0.15) is 27.4 Å². The lowest BCUT2D eigenvalue weighted by Crippen LogP contribution is -2.21. The number of amides is 1. The summed E-state index contributed by atoms with van der Waals surface area (Å²) in [5, 5.41) is 20.7. The van der Waals surface area contributed by atoms with E-state index in [1.165, 1.54) is 5.56 Å². The van der Waals surface area contributed by atoms with Crippen molar-refractivity contribution in [3.63, 3.8) is 0 Å². The van der Waals surface area contributed by atoms with Gasteiger partial charge in [-0.25, -0.2) is 9.78 Å². The molecule has 6 bridgehead atoms. The van der Waals surface area contributed by atoms with Crippen molar-refractivity contribution in [2.24, 2.45) is 0 Å². The second-order valence-corrected chi connectivity index (χ2v) is 8.75. The molecule has 3 heterocycles. The molecule has 4 aromatic rings. The molecule has 0 unspecified atom stereocenters. The van der Waals surface area contributed by atoms with Gasteiger partial charge >= 0.3 is 12.1 Å². The molecule has 0 atom stereocenters. The van der Waals surface area contributed by atoms with E-state index in [0.717, 1.165) is 29.8 Å². The normalized spacial score (nSPS) is 12.2. The lowest BCUT2D eigenvalue weighted by Gasteiger charge is -2.13. The van der Waals surface area contributed by atoms with Crippen LogP contribution in [-0.4, -0.2) is 38.3 Å². The number of carboxylic acids is 1. The van der Waals surface area contributed by atoms with E-state index in [1.807, 2.05) is 30.3 Å². The van der Waals surface area contributed by atoms with Gasteiger partial charge in [0.05, 0.1) is 6.20 Å². The van der Waals surface area contributed by atoms with Crippen LogP contribution in [0.5, 0.6) is 0 Å². The maximum absolute atomic E-state index is 12.6. The zero-order chi connectivity index (χ0) is 28.2. The van der Waals surface area contributed by atoms with Gasteiger partial charge in [0, 0.05) is 23.1 Å². The highest BCUT2D eigenvalue weighted by Gasteiger charge is 2.38. The summed E-state index contributed by atoms with van der Waals surface area (Å²) >= 11 is 6.34. The molecule has 39 heavy (non-hydrogen) atoms. The van der Waals surface area contributed by atoms with Crippen molar-refractivity contribution in [3.05, 3.63) is 82.3 Å². The van der Waals surface area contributed by atoms with Gasteiger partial charge in [-0.05, 0) is 61.2 Å². The second-order valence-electron chi connectivity index (χ2n) is 8.34. The molecule has 0 saturated heterocycles. The average Bonchev–Trinajstić information content (AvgIpc) is 3.31. The fraction of sp³-hybridized carbons (Fsp3) is 0.160. The Kier molecular flexibility index (Phi) is 8.00. The van der Waals surface area contributed by atoms with Crippen molar-refractivity contribution in [3.8, 4) is 0 Å². The number of anilines is 5. The van der Waals surface area contributed by atoms with Crippen LogP contribution in [0.15, 0.2) is 59.3 Å². The number of aromatic nitrogens is 3. The minimum absolute atomic E-state index is 0.222. The Balaban J connectivity index is 0.000000448. The summed E-state index contributed by atoms with van der Waals surface area (Å²) in [6.07, 6.45) is -1.93. The van der Waals surface area contributed by atoms with Crippen molar-refractivity contribution in [1.82, 2.24) is 15.1 Å². The third kappa shape index (κ3) is 7.45. The average molecular weight is 561 g/mol. The van der Waals surface area contributed by atoms with Gasteiger partial charge in [0.15, 0.2) is 11.5 Å². The number of carboxylic acid groups (broad SMARTS) is 1. The van der Waals surface area contributed by atoms with Crippen molar-refractivity contribution < 1.29 is 32.4 Å². The summed E-state index contributed by atoms with van der Waals surface area (Å²) in [6.45, 7) is 1.74. The van der Waals surface area contributed by atoms with Crippen LogP contribution >= 0.6 is 11.6 Å². The first-order chi connectivity index (χ1) is 18.5. The number of aliphatic carboxylic acids is 1. The third-order valence-electron chi connectivity index (χ3n) is 5.25. The predicted molar refractivity (Wildman–Crippen MR) is 137 cm³/mol. The number of carbonyl (C=O) groups is 2. The minimum atomic E-state index is -5.08. The second kappa shape index (κ2) is 11.4. The Morgan fingerprint density at radius 2 is 1.77 bits per heavy atom. The van der Waals surface area contributed by atoms with Crippen LogP contribution in [0, 0.1) is 6.92 Å². The van der Waals surface area contributed by atoms with Gasteiger partial charge in [-0.1, -0.05) is 28.9 Å². The number of aryl methyl sites for hydroxylation is 3. The fourth-order valence-corrected chi connectivity index (χ4v) is 3.66. The van der Waals surface area contributed by atoms with Crippen molar-refractivity contribution in [1.29, 1.82) is 0 Å². The Morgan fingerprint density at radius 1 is 1.05 bits per heavy atom. The number of fused-ring (bicyclic) bond motifs is 6. The van der Waals surface area contributed by atoms with Crippen molar-refractivity contribution in [2.75, 3.05) is 16.0 Å². The molecule has 202 valence electrons. The zero-order valence-electron chi connectivity index (χ0n) is 20.1. The van der Waals surface area contributed by atoms with E-state index in [9.17, 15) is 18.0 Å². The molecule has 10 nitrogen and oxygen atoms in total. The van der Waals surface area contributed by atoms with Crippen molar-refractivity contribution >= 4 is 52.3 Å². The number of rotatable bonds is 2. The van der Waals surface area contributed by atoms with E-state index in [1.54, 1.807) is 19.2 Å². The number of hydrogen-bond donors (Lipinski definition) is 4. The summed E-state index contributed by atoms with van der Waals surface area (Å²) in [5.74, 6) is -1.64. The number of benzene rings is 2. The molecule has 5 rings (SSSR count). The lowest BCUT2D eigenvalue weighted by molar-refractivity contribution is -0.192. The summed E-state index contributed by atoms with van der Waals surface area (Å²) in [4.78, 5) is 30.3. The van der Waals surface area contributed by atoms with E-state index in [0.29, 0.717) is 28.2 Å². The van der Waals surface area contributed by atoms with Crippen LogP contribution in [0.4, 0.5) is 42.0 Å². The number of carbonyl (C=O) groups excluding carboxylic acids is 1. The summed E-state index contributed by atoms with van der Waals surface area (Å²) < 4.78 is 36.7. The topological polar surface area (TPSA) is 142 Å². The first-order valence-electron chi connectivity index (χ1n) is 11.3. The Hall–Kier alpha value is -4.65. The van der Waals surface area contributed by atoms with Crippen LogP contribution in [0.3, 0.4) is 0 Å². The first kappa shape index (κ1) is 27.4. The van der Waals surface area contributed by atoms with Gasteiger partial charge in [0.1, 0.15) is 10.8 Å². The van der Waals surface area contributed by atoms with Crippen LogP contribution in [-0.2, 0) is 17.6 Å². The molecule has 4 N–H and O–H groups in total. The monoisotopic (exact) mass is 560 g/mol. The van der Waals surface area contributed by atoms with E-state index in [4.69, 9.17) is 26.0 Å². The summed E-state index contributed by atoms with van der Waals surface area (Å²) in [7, 11) is 0. The molecule has 1 aliphatic rings. The highest BCUT2D eigenvalue weighted by molar-refractivity contribution is 6.32. The number of alkyl halides is 3. The summed E-state index contributed by atoms with van der Waals surface area (Å²) in [6, 6.07) is 15.5. The standard InChI is InChI=1S/C23H19ClN6O2.C2HF3O2/c1-13-7-20(30-32-13)22(31)27-18-10-15-6-5-14-3-2-4-16(8-14)28-23-25-12-19(24)21(29-23)26-17(9-15)11-18;3-2(4,5)1(6)7/h2-4,7-12H,5-6H2,1H3,(H,27,31)(H2,25,26,28,29);(H,6,7). The van der Waals surface area contributed by atoms with Gasteiger partial charge in [-0.3, -0.25) is 4.79 Å². The Bertz CT molecular complexity index is 1530. The van der Waals surface area contributed by atoms with E-state index in [-0.39, 0.29) is 11.6 Å². The Labute approximate surface area is 224 Å². The van der Waals surface area contributed by atoms with Gasteiger partial charge in [-0.15, -0.1) is 0 Å². The lowest BCUT2D eigenvalue weighted by atomic mass is 10.0. The van der Waals surface area contributed by atoms with Gasteiger partial charge in [0.25, 0.3) is 5.91 Å². The minimum Gasteiger partial charge on any atom is -0.475 e. The van der Waals surface area contributed by atoms with E-state index in [2.05, 4.69) is 43.2 Å². The highest BCUT2D eigenvalue weighted by Crippen LogP contribution is 2.29. The van der Waals surface area contributed by atoms with Crippen molar-refractivity contribution in [2.45, 2.75) is 25.9 Å². The maximum Gasteiger partial charge on any atom is 0.490 e. The molecular weight excluding hydrogens is 541 g/mol. The molecule has 0 spiro atoms. The molecule has 0 fully saturated rings. The molecule has 0 saturated carbocycles. The maximum atomic E-state index is 12.6. The fourth-order valence-electron chi connectivity index (χ4n) is 3.52. The third-order valence-corrected chi connectivity index (χ3v) is 5.52. The molecule has 0 radical (unpaired) electrons. The number of nitrogens with one attached hydrogen (secondary N) is 3. The number of halogens is 4. The molecular formula is C25H20ClF3N6O4. The zero-order valence-corrected chi connectivity index (χ0v) is 20.9. The quantitative estimate of drug-likeness (QED) is 0.236. The number of nitrogens with zero attached hydrogens (tertiary/aromatic N) is 3. The van der Waals surface area contributed by atoms with Crippen LogP contribution in [0.25, 0.3) is 0 Å². The molecule has 1 amide bonds. The van der Waals surface area contributed by atoms with Crippen LogP contribution < -0.4 is 16.0 Å². The number of hydrogen-bond acceptors (Lipinski definition) is 8. The predicted octanol–water partition coefficient (Wildman–Crippen LogP) is 5.90. The van der Waals surface area contributed by atoms with Gasteiger partial charge < -0.3 is 25.6 Å². The SMILES string of the molecule is Cc1cc(C(=O)Nc2cc3cc(c2)Nc2nc(ncc2Cl)Nc2cccc(c2)CC3)no1.O=C(O)C(F)(F)F. The molecule has 0 aliphatic carbocycles. The van der Waals surface area contributed by atoms with Gasteiger partial charge in [0.2, 0.25) is 5.95 Å². The smallest absolute Gasteiger partial charge is 0.475 e. The van der Waals surface area contributed by atoms with Gasteiger partial charge in [-0.2, -0.15) is 18.2 Å². The van der Waals surface area contributed by atoms with E-state index < -0.39 is 12.1 Å². The molecule has 2 aromatic carbocycles. The van der Waals surface area contributed by atoms with E-state index >= 15 is 0 Å². The molecule has 14 heteroatoms. The summed E-state index contributed by atoms with van der Waals surface area (Å²) in [5.41, 5.74) is 4.71. The Morgan fingerprint density at radius 3 is 2.46 bits per heavy atom. The largest absolute Gasteiger partial charge is 0.490 e. The highest BCUT2D eigenvalue weighted by atomic mass is 35.5.